The van der Waals surface area contributed by atoms with Crippen molar-refractivity contribution in [3.8, 4) is 0 Å². The molecule has 0 bridgehead atoms. The molecule has 6 heteroatoms. The molecule has 28 heavy (non-hydrogen) atoms. The molecule has 1 N–H and O–H groups in total. The Morgan fingerprint density at radius 1 is 0.964 bits per heavy atom. The molecule has 0 radical (unpaired) electrons. The lowest BCUT2D eigenvalue weighted by atomic mass is 10.1. The Bertz CT molecular complexity index is 1140. The number of nitrogens with one attached hydrogen (secondary N) is 1. The Hall–Kier alpha value is -3.54. The lowest BCUT2D eigenvalue weighted by Crippen LogP contribution is -2.23. The van der Waals surface area contributed by atoms with E-state index in [1.165, 1.54) is 0 Å². The number of rotatable bonds is 5. The van der Waals surface area contributed by atoms with E-state index in [9.17, 15) is 4.79 Å². The van der Waals surface area contributed by atoms with E-state index in [0.29, 0.717) is 18.7 Å². The summed E-state index contributed by atoms with van der Waals surface area (Å²) in [7, 11) is 0. The van der Waals surface area contributed by atoms with Crippen LogP contribution in [0.1, 0.15) is 32.9 Å². The molecule has 0 fully saturated rings. The fourth-order valence-corrected chi connectivity index (χ4v) is 3.10. The molecular weight excluding hydrogens is 350 g/mol. The fraction of sp³-hybridized carbons (Fsp3) is 0.182. The van der Waals surface area contributed by atoms with Gasteiger partial charge in [0.1, 0.15) is 0 Å². The summed E-state index contributed by atoms with van der Waals surface area (Å²) >= 11 is 0. The van der Waals surface area contributed by atoms with E-state index in [4.69, 9.17) is 0 Å². The van der Waals surface area contributed by atoms with Gasteiger partial charge in [0.15, 0.2) is 0 Å². The molecular formula is C22H21N5O. The highest BCUT2D eigenvalue weighted by molar-refractivity contribution is 5.97. The summed E-state index contributed by atoms with van der Waals surface area (Å²) in [5, 5.41) is 7.26. The van der Waals surface area contributed by atoms with Gasteiger partial charge in [-0.25, -0.2) is 9.97 Å². The fourth-order valence-electron chi connectivity index (χ4n) is 3.10. The summed E-state index contributed by atoms with van der Waals surface area (Å²) in [6, 6.07) is 15.4. The zero-order valence-electron chi connectivity index (χ0n) is 15.9. The molecule has 0 saturated carbocycles. The average Bonchev–Trinajstić information content (AvgIpc) is 3.21. The number of carbonyl (C=O) groups excluding carboxylic acids is 1. The van der Waals surface area contributed by atoms with E-state index in [-0.39, 0.29) is 5.91 Å². The number of benzene rings is 2. The van der Waals surface area contributed by atoms with Gasteiger partial charge in [-0.1, -0.05) is 24.3 Å². The quantitative estimate of drug-likeness (QED) is 0.583. The van der Waals surface area contributed by atoms with E-state index in [2.05, 4.69) is 26.4 Å². The first kappa shape index (κ1) is 17.9. The lowest BCUT2D eigenvalue weighted by Gasteiger charge is -2.11. The molecule has 2 aromatic carbocycles. The number of aromatic nitrogens is 4. The highest BCUT2D eigenvalue weighted by Crippen LogP contribution is 2.15. The predicted molar refractivity (Wildman–Crippen MR) is 108 cm³/mol. The summed E-state index contributed by atoms with van der Waals surface area (Å²) in [5.41, 5.74) is 6.07. The third-order valence-electron chi connectivity index (χ3n) is 4.79. The molecule has 6 nitrogen and oxygen atoms in total. The van der Waals surface area contributed by atoms with Gasteiger partial charge in [-0.2, -0.15) is 5.10 Å². The van der Waals surface area contributed by atoms with Gasteiger partial charge in [-0.15, -0.1) is 0 Å². The highest BCUT2D eigenvalue weighted by atomic mass is 16.1. The number of amides is 1. The topological polar surface area (TPSA) is 72.7 Å². The maximum atomic E-state index is 12.7. The van der Waals surface area contributed by atoms with Gasteiger partial charge >= 0.3 is 0 Å². The van der Waals surface area contributed by atoms with Crippen LogP contribution in [-0.2, 0) is 13.1 Å². The standard InChI is InChI=1S/C22H21N5O/c1-15-16(2)26-21-12-17(8-9-20(21)25-15)22(28)23-13-18-6-3-4-7-19(18)14-27-11-5-10-24-27/h3-12H,13-14H2,1-2H3,(H,23,28). The molecule has 0 atom stereocenters. The van der Waals surface area contributed by atoms with Crippen LogP contribution in [0.15, 0.2) is 60.9 Å². The van der Waals surface area contributed by atoms with Gasteiger partial charge in [-0.3, -0.25) is 9.48 Å². The number of hydrogen-bond donors (Lipinski definition) is 1. The summed E-state index contributed by atoms with van der Waals surface area (Å²) in [5.74, 6) is -0.129. The van der Waals surface area contributed by atoms with Crippen LogP contribution in [-0.4, -0.2) is 25.7 Å². The number of fused-ring (bicyclic) bond motifs is 1. The molecule has 0 spiro atoms. The molecule has 0 aliphatic carbocycles. The second-order valence-electron chi connectivity index (χ2n) is 6.75. The summed E-state index contributed by atoms with van der Waals surface area (Å²) < 4.78 is 1.87. The second kappa shape index (κ2) is 7.60. The van der Waals surface area contributed by atoms with Gasteiger partial charge in [-0.05, 0) is 49.2 Å². The van der Waals surface area contributed by atoms with Crippen molar-refractivity contribution < 1.29 is 4.79 Å². The number of nitrogens with zero attached hydrogens (tertiary/aromatic N) is 4. The SMILES string of the molecule is Cc1nc2ccc(C(=O)NCc3ccccc3Cn3cccn3)cc2nc1C. The number of aryl methyl sites for hydroxylation is 2. The highest BCUT2D eigenvalue weighted by Gasteiger charge is 2.10. The molecule has 0 aliphatic heterocycles. The van der Waals surface area contributed by atoms with Crippen molar-refractivity contribution in [2.75, 3.05) is 0 Å². The van der Waals surface area contributed by atoms with E-state index < -0.39 is 0 Å². The molecule has 2 heterocycles. The first-order valence-electron chi connectivity index (χ1n) is 9.17. The molecule has 2 aromatic heterocycles. The van der Waals surface area contributed by atoms with Crippen molar-refractivity contribution in [1.82, 2.24) is 25.1 Å². The minimum atomic E-state index is -0.129. The summed E-state index contributed by atoms with van der Waals surface area (Å²) in [4.78, 5) is 21.7. The van der Waals surface area contributed by atoms with Crippen LogP contribution in [0.2, 0.25) is 0 Å². The Morgan fingerprint density at radius 2 is 1.71 bits per heavy atom. The first-order valence-corrected chi connectivity index (χ1v) is 9.17. The van der Waals surface area contributed by atoms with E-state index in [1.807, 2.05) is 55.1 Å². The van der Waals surface area contributed by atoms with Crippen molar-refractivity contribution in [2.24, 2.45) is 0 Å². The van der Waals surface area contributed by atoms with Crippen LogP contribution in [0.25, 0.3) is 11.0 Å². The molecule has 0 saturated heterocycles. The molecule has 1 amide bonds. The van der Waals surface area contributed by atoms with Gasteiger partial charge in [0.2, 0.25) is 0 Å². The van der Waals surface area contributed by atoms with Gasteiger partial charge in [0, 0.05) is 24.5 Å². The van der Waals surface area contributed by atoms with E-state index in [1.54, 1.807) is 18.3 Å². The monoisotopic (exact) mass is 371 g/mol. The van der Waals surface area contributed by atoms with Crippen LogP contribution in [0.3, 0.4) is 0 Å². The normalized spacial score (nSPS) is 10.9. The predicted octanol–water partition coefficient (Wildman–Crippen LogP) is 3.42. The molecule has 140 valence electrons. The van der Waals surface area contributed by atoms with Crippen molar-refractivity contribution >= 4 is 16.9 Å². The van der Waals surface area contributed by atoms with Crippen LogP contribution in [0, 0.1) is 13.8 Å². The minimum absolute atomic E-state index is 0.129. The van der Waals surface area contributed by atoms with E-state index >= 15 is 0 Å². The number of hydrogen-bond acceptors (Lipinski definition) is 4. The largest absolute Gasteiger partial charge is 0.348 e. The number of carbonyl (C=O) groups is 1. The van der Waals surface area contributed by atoms with Crippen LogP contribution in [0.5, 0.6) is 0 Å². The zero-order chi connectivity index (χ0) is 19.5. The minimum Gasteiger partial charge on any atom is -0.348 e. The molecule has 0 aliphatic rings. The Balaban J connectivity index is 1.50. The second-order valence-corrected chi connectivity index (χ2v) is 6.75. The Labute approximate surface area is 163 Å². The van der Waals surface area contributed by atoms with Gasteiger partial charge < -0.3 is 5.32 Å². The van der Waals surface area contributed by atoms with Crippen molar-refractivity contribution in [1.29, 1.82) is 0 Å². The van der Waals surface area contributed by atoms with Crippen molar-refractivity contribution in [3.63, 3.8) is 0 Å². The van der Waals surface area contributed by atoms with Crippen LogP contribution < -0.4 is 5.32 Å². The Morgan fingerprint density at radius 3 is 2.46 bits per heavy atom. The average molecular weight is 371 g/mol. The summed E-state index contributed by atoms with van der Waals surface area (Å²) in [6.07, 6.45) is 3.69. The van der Waals surface area contributed by atoms with Gasteiger partial charge in [0.25, 0.3) is 5.91 Å². The third kappa shape index (κ3) is 3.76. The third-order valence-corrected chi connectivity index (χ3v) is 4.79. The molecule has 4 aromatic rings. The maximum Gasteiger partial charge on any atom is 0.251 e. The van der Waals surface area contributed by atoms with Crippen molar-refractivity contribution in [3.05, 3.63) is 89.0 Å². The van der Waals surface area contributed by atoms with Crippen LogP contribution in [0.4, 0.5) is 0 Å². The lowest BCUT2D eigenvalue weighted by molar-refractivity contribution is 0.0951. The first-order chi connectivity index (χ1) is 13.6. The molecule has 4 rings (SSSR count). The summed E-state index contributed by atoms with van der Waals surface area (Å²) in [6.45, 7) is 4.98. The van der Waals surface area contributed by atoms with Crippen LogP contribution >= 0.6 is 0 Å². The Kier molecular flexibility index (Phi) is 4.85. The van der Waals surface area contributed by atoms with Gasteiger partial charge in [0.05, 0.1) is 29.0 Å². The smallest absolute Gasteiger partial charge is 0.251 e. The van der Waals surface area contributed by atoms with Crippen molar-refractivity contribution in [2.45, 2.75) is 26.9 Å². The van der Waals surface area contributed by atoms with E-state index in [0.717, 1.165) is 33.5 Å². The molecule has 0 unspecified atom stereocenters. The maximum absolute atomic E-state index is 12.7. The zero-order valence-corrected chi connectivity index (χ0v) is 15.9.